The van der Waals surface area contributed by atoms with Gasteiger partial charge in [-0.3, -0.25) is 4.79 Å². The Morgan fingerprint density at radius 1 is 1.00 bits per heavy atom. The van der Waals surface area contributed by atoms with Crippen LogP contribution in [0.2, 0.25) is 0 Å². The number of rotatable bonds is 8. The largest absolute Gasteiger partial charge is 0.497 e. The van der Waals surface area contributed by atoms with Crippen LogP contribution in [0.4, 0.5) is 0 Å². The Hall–Kier alpha value is -2.57. The van der Waals surface area contributed by atoms with Gasteiger partial charge in [-0.15, -0.1) is 0 Å². The van der Waals surface area contributed by atoms with Gasteiger partial charge in [0.05, 0.1) is 19.8 Å². The standard InChI is InChI=1S/C19H20O6/c1-21-11-24-16-10-14(23-3)8-9-15(16)17(20)19-18(25-19)12-4-6-13(22-2)7-5-12/h4-10,18-19H,11H2,1-3H3/t18-,19-/m0/s1. The molecule has 1 fully saturated rings. The van der Waals surface area contributed by atoms with E-state index in [0.29, 0.717) is 17.1 Å². The Morgan fingerprint density at radius 3 is 2.32 bits per heavy atom. The maximum absolute atomic E-state index is 12.8. The quantitative estimate of drug-likeness (QED) is 0.417. The van der Waals surface area contributed by atoms with E-state index >= 15 is 0 Å². The summed E-state index contributed by atoms with van der Waals surface area (Å²) in [5.74, 6) is 1.65. The molecule has 0 unspecified atom stereocenters. The van der Waals surface area contributed by atoms with Crippen molar-refractivity contribution >= 4 is 5.78 Å². The lowest BCUT2D eigenvalue weighted by atomic mass is 10.0. The first-order chi connectivity index (χ1) is 12.2. The van der Waals surface area contributed by atoms with Crippen LogP contribution in [0.3, 0.4) is 0 Å². The number of methoxy groups -OCH3 is 3. The Morgan fingerprint density at radius 2 is 1.68 bits per heavy atom. The fraction of sp³-hybridized carbons (Fsp3) is 0.316. The lowest BCUT2D eigenvalue weighted by molar-refractivity contribution is 0.0499. The van der Waals surface area contributed by atoms with Crippen LogP contribution in [0.1, 0.15) is 22.0 Å². The zero-order valence-electron chi connectivity index (χ0n) is 14.4. The van der Waals surface area contributed by atoms with Crippen molar-refractivity contribution in [2.75, 3.05) is 28.1 Å². The number of hydrogen-bond donors (Lipinski definition) is 0. The van der Waals surface area contributed by atoms with E-state index in [0.717, 1.165) is 11.3 Å². The number of carbonyl (C=O) groups excluding carboxylic acids is 1. The summed E-state index contributed by atoms with van der Waals surface area (Å²) < 4.78 is 26.4. The van der Waals surface area contributed by atoms with Gasteiger partial charge >= 0.3 is 0 Å². The Balaban J connectivity index is 1.76. The van der Waals surface area contributed by atoms with Gasteiger partial charge in [-0.1, -0.05) is 12.1 Å². The number of Topliss-reactive ketones (excluding diaryl/α,β-unsaturated/α-hetero) is 1. The van der Waals surface area contributed by atoms with Gasteiger partial charge in [0, 0.05) is 13.2 Å². The van der Waals surface area contributed by atoms with Gasteiger partial charge < -0.3 is 23.7 Å². The van der Waals surface area contributed by atoms with Crippen LogP contribution in [0.25, 0.3) is 0 Å². The zero-order chi connectivity index (χ0) is 17.8. The number of epoxide rings is 1. The fourth-order valence-corrected chi connectivity index (χ4v) is 2.59. The fourth-order valence-electron chi connectivity index (χ4n) is 2.59. The Kier molecular flexibility index (Phi) is 5.21. The minimum absolute atomic E-state index is 0.0425. The first-order valence-electron chi connectivity index (χ1n) is 7.81. The summed E-state index contributed by atoms with van der Waals surface area (Å²) in [7, 11) is 4.69. The summed E-state index contributed by atoms with van der Waals surface area (Å²) in [6.45, 7) is 0.0425. The van der Waals surface area contributed by atoms with E-state index < -0.39 is 6.10 Å². The number of ether oxygens (including phenoxy) is 5. The smallest absolute Gasteiger partial charge is 0.198 e. The molecule has 1 heterocycles. The lowest BCUT2D eigenvalue weighted by Gasteiger charge is -2.11. The third kappa shape index (κ3) is 3.75. The average Bonchev–Trinajstić information content (AvgIpc) is 3.46. The van der Waals surface area contributed by atoms with Crippen molar-refractivity contribution in [3.05, 3.63) is 53.6 Å². The van der Waals surface area contributed by atoms with E-state index in [2.05, 4.69) is 0 Å². The van der Waals surface area contributed by atoms with Crippen molar-refractivity contribution in [2.45, 2.75) is 12.2 Å². The molecular formula is C19H20O6. The van der Waals surface area contributed by atoms with Crippen molar-refractivity contribution < 1.29 is 28.5 Å². The van der Waals surface area contributed by atoms with Crippen molar-refractivity contribution in [3.63, 3.8) is 0 Å². The second kappa shape index (κ2) is 7.55. The molecule has 1 aliphatic heterocycles. The molecule has 6 heteroatoms. The molecule has 0 saturated carbocycles. The van der Waals surface area contributed by atoms with E-state index in [4.69, 9.17) is 23.7 Å². The highest BCUT2D eigenvalue weighted by Gasteiger charge is 2.47. The van der Waals surface area contributed by atoms with Crippen LogP contribution in [-0.2, 0) is 9.47 Å². The van der Waals surface area contributed by atoms with Crippen LogP contribution in [0.5, 0.6) is 17.2 Å². The van der Waals surface area contributed by atoms with E-state index in [9.17, 15) is 4.79 Å². The predicted octanol–water partition coefficient (Wildman–Crippen LogP) is 3.01. The topological polar surface area (TPSA) is 66.5 Å². The first-order valence-corrected chi connectivity index (χ1v) is 7.81. The third-order valence-electron chi connectivity index (χ3n) is 3.98. The molecule has 1 aliphatic rings. The number of ketones is 1. The van der Waals surface area contributed by atoms with Crippen LogP contribution in [0, 0.1) is 0 Å². The second-order valence-electron chi connectivity index (χ2n) is 5.53. The van der Waals surface area contributed by atoms with Gasteiger partial charge in [0.1, 0.15) is 23.4 Å². The summed E-state index contributed by atoms with van der Waals surface area (Å²) >= 11 is 0. The van der Waals surface area contributed by atoms with Gasteiger partial charge in [0.2, 0.25) is 0 Å². The van der Waals surface area contributed by atoms with Gasteiger partial charge in [0.25, 0.3) is 0 Å². The minimum Gasteiger partial charge on any atom is -0.497 e. The molecule has 2 atom stereocenters. The molecule has 0 bridgehead atoms. The lowest BCUT2D eigenvalue weighted by Crippen LogP contribution is -2.12. The molecule has 0 aliphatic carbocycles. The van der Waals surface area contributed by atoms with E-state index in [-0.39, 0.29) is 18.7 Å². The summed E-state index contributed by atoms with van der Waals surface area (Å²) in [5.41, 5.74) is 1.38. The molecule has 0 spiro atoms. The SMILES string of the molecule is COCOc1cc(OC)ccc1C(=O)[C@@H]1O[C@H]1c1ccc(OC)cc1. The molecule has 6 nitrogen and oxygen atoms in total. The summed E-state index contributed by atoms with van der Waals surface area (Å²) in [6.07, 6.45) is -0.775. The highest BCUT2D eigenvalue weighted by atomic mass is 16.7. The molecule has 1 saturated heterocycles. The molecule has 0 radical (unpaired) electrons. The third-order valence-corrected chi connectivity index (χ3v) is 3.98. The Bertz CT molecular complexity index is 740. The summed E-state index contributed by atoms with van der Waals surface area (Å²) in [6, 6.07) is 12.5. The van der Waals surface area contributed by atoms with Crippen LogP contribution in [0.15, 0.2) is 42.5 Å². The first kappa shape index (κ1) is 17.3. The van der Waals surface area contributed by atoms with Gasteiger partial charge in [-0.05, 0) is 29.8 Å². The number of benzene rings is 2. The maximum Gasteiger partial charge on any atom is 0.198 e. The monoisotopic (exact) mass is 344 g/mol. The molecule has 25 heavy (non-hydrogen) atoms. The van der Waals surface area contributed by atoms with E-state index in [1.807, 2.05) is 24.3 Å². The number of carbonyl (C=O) groups is 1. The molecule has 3 rings (SSSR count). The molecular weight excluding hydrogens is 324 g/mol. The van der Waals surface area contributed by atoms with Crippen LogP contribution < -0.4 is 14.2 Å². The van der Waals surface area contributed by atoms with Crippen LogP contribution >= 0.6 is 0 Å². The predicted molar refractivity (Wildman–Crippen MR) is 90.4 cm³/mol. The summed E-state index contributed by atoms with van der Waals surface area (Å²) in [4.78, 5) is 12.8. The normalized spacial score (nSPS) is 18.5. The van der Waals surface area contributed by atoms with Crippen molar-refractivity contribution in [1.29, 1.82) is 0 Å². The van der Waals surface area contributed by atoms with E-state index in [1.165, 1.54) is 7.11 Å². The number of hydrogen-bond acceptors (Lipinski definition) is 6. The van der Waals surface area contributed by atoms with Gasteiger partial charge in [0.15, 0.2) is 18.7 Å². The summed E-state index contributed by atoms with van der Waals surface area (Å²) in [5, 5.41) is 0. The molecule has 0 aromatic heterocycles. The molecule has 0 N–H and O–H groups in total. The molecule has 132 valence electrons. The highest BCUT2D eigenvalue weighted by Crippen LogP contribution is 2.42. The zero-order valence-corrected chi connectivity index (χ0v) is 14.4. The molecule has 0 amide bonds. The van der Waals surface area contributed by atoms with E-state index in [1.54, 1.807) is 32.4 Å². The highest BCUT2D eigenvalue weighted by molar-refractivity contribution is 6.03. The minimum atomic E-state index is -0.522. The van der Waals surface area contributed by atoms with Crippen LogP contribution in [-0.4, -0.2) is 40.0 Å². The van der Waals surface area contributed by atoms with Crippen molar-refractivity contribution in [2.24, 2.45) is 0 Å². The van der Waals surface area contributed by atoms with Crippen molar-refractivity contribution in [1.82, 2.24) is 0 Å². The van der Waals surface area contributed by atoms with Gasteiger partial charge in [-0.25, -0.2) is 0 Å². The molecule has 2 aromatic carbocycles. The van der Waals surface area contributed by atoms with Crippen molar-refractivity contribution in [3.8, 4) is 17.2 Å². The average molecular weight is 344 g/mol. The van der Waals surface area contributed by atoms with Gasteiger partial charge in [-0.2, -0.15) is 0 Å². The molecule has 2 aromatic rings. The maximum atomic E-state index is 12.8. The second-order valence-corrected chi connectivity index (χ2v) is 5.53. The Labute approximate surface area is 146 Å².